The third kappa shape index (κ3) is 5.42. The number of fused-ring (bicyclic) bond motifs is 12. The predicted octanol–water partition coefficient (Wildman–Crippen LogP) is 16.9. The molecule has 0 bridgehead atoms. The molecule has 2 nitrogen and oxygen atoms in total. The lowest BCUT2D eigenvalue weighted by Crippen LogP contribution is -2.36. The molecule has 0 amide bonds. The molecule has 1 spiro atoms. The topological polar surface area (TPSA) is 6.48 Å². The highest BCUT2D eigenvalue weighted by molar-refractivity contribution is 6.01. The number of anilines is 6. The van der Waals surface area contributed by atoms with Gasteiger partial charge in [-0.2, -0.15) is 0 Å². The fraction of sp³-hybridized carbons (Fsp3) is 0.0625. The lowest BCUT2D eigenvalue weighted by atomic mass is 9.63. The molecule has 2 heteroatoms. The lowest BCUT2D eigenvalue weighted by Gasteiger charge is -2.45. The average Bonchev–Trinajstić information content (AvgIpc) is 3.80. The number of benzene rings is 10. The van der Waals surface area contributed by atoms with Gasteiger partial charge in [0.2, 0.25) is 0 Å². The highest BCUT2D eigenvalue weighted by Gasteiger charge is 2.53. The SMILES string of the molecule is CC1(C)c2ccccc2-c2cc(N(c3cccc(-c4ccccc4)c3)c3ccccc3-c3cccc4c3C3(c5ccccc5-4)c4ccccc4N(c4ccccc4)c4ccccc43)ccc21. The third-order valence-electron chi connectivity index (χ3n) is 14.6. The average molecular weight is 843 g/mol. The zero-order chi connectivity index (χ0) is 44.0. The van der Waals surface area contributed by atoms with E-state index in [4.69, 9.17) is 0 Å². The molecule has 0 unspecified atom stereocenters. The second-order valence-corrected chi connectivity index (χ2v) is 18.4. The van der Waals surface area contributed by atoms with Crippen molar-refractivity contribution in [2.75, 3.05) is 9.80 Å². The summed E-state index contributed by atoms with van der Waals surface area (Å²) < 4.78 is 0. The summed E-state index contributed by atoms with van der Waals surface area (Å²) in [6.07, 6.45) is 0. The number of rotatable bonds is 6. The molecule has 13 rings (SSSR count). The van der Waals surface area contributed by atoms with E-state index >= 15 is 0 Å². The molecule has 0 N–H and O–H groups in total. The van der Waals surface area contributed by atoms with Gasteiger partial charge >= 0.3 is 0 Å². The number of hydrogen-bond donors (Lipinski definition) is 0. The fourth-order valence-electron chi connectivity index (χ4n) is 11.9. The Labute approximate surface area is 387 Å². The zero-order valence-electron chi connectivity index (χ0n) is 37.0. The van der Waals surface area contributed by atoms with Gasteiger partial charge < -0.3 is 9.80 Å². The molecule has 1 aliphatic heterocycles. The molecule has 0 radical (unpaired) electrons. The van der Waals surface area contributed by atoms with Gasteiger partial charge in [-0.3, -0.25) is 0 Å². The molecular formula is C64H46N2. The van der Waals surface area contributed by atoms with Crippen molar-refractivity contribution in [3.63, 3.8) is 0 Å². The Balaban J connectivity index is 1.09. The third-order valence-corrected chi connectivity index (χ3v) is 14.6. The maximum Gasteiger partial charge on any atom is 0.0760 e. The molecule has 1 heterocycles. The number of para-hydroxylation sites is 4. The Morgan fingerprint density at radius 3 is 1.53 bits per heavy atom. The van der Waals surface area contributed by atoms with Crippen LogP contribution in [0.5, 0.6) is 0 Å². The standard InChI is InChI=1S/C64H46N2/c1-63(2)54-32-12-9-28-49(54)53-42-47(39-40-55(53)63)65(46-26-19-23-44(41-46)43-21-5-3-6-22-43)59-36-16-11-29-50(59)52-31-20-30-51-48-27-10-13-33-56(48)64(62(51)52)57-34-14-17-37-60(57)66(45-24-7-4-8-25-45)61-38-18-15-35-58(61)64/h3-42H,1-2H3. The van der Waals surface area contributed by atoms with Gasteiger partial charge in [0.05, 0.1) is 22.5 Å². The minimum Gasteiger partial charge on any atom is -0.310 e. The van der Waals surface area contributed by atoms with E-state index < -0.39 is 5.41 Å². The molecule has 0 fully saturated rings. The van der Waals surface area contributed by atoms with Gasteiger partial charge in [0.1, 0.15) is 0 Å². The summed E-state index contributed by atoms with van der Waals surface area (Å²) in [4.78, 5) is 4.96. The van der Waals surface area contributed by atoms with Gasteiger partial charge in [0.25, 0.3) is 0 Å². The molecule has 10 aromatic carbocycles. The van der Waals surface area contributed by atoms with Crippen molar-refractivity contribution in [3.8, 4) is 44.5 Å². The van der Waals surface area contributed by atoms with Crippen LogP contribution in [0.25, 0.3) is 44.5 Å². The normalized spacial score (nSPS) is 14.1. The quantitative estimate of drug-likeness (QED) is 0.165. The van der Waals surface area contributed by atoms with Crippen molar-refractivity contribution < 1.29 is 0 Å². The van der Waals surface area contributed by atoms with Crippen LogP contribution in [0.2, 0.25) is 0 Å². The van der Waals surface area contributed by atoms with Gasteiger partial charge in [-0.25, -0.2) is 0 Å². The highest BCUT2D eigenvalue weighted by atomic mass is 15.2. The van der Waals surface area contributed by atoms with Crippen LogP contribution in [-0.2, 0) is 10.8 Å². The molecule has 0 saturated carbocycles. The Morgan fingerprint density at radius 2 is 0.818 bits per heavy atom. The predicted molar refractivity (Wildman–Crippen MR) is 275 cm³/mol. The van der Waals surface area contributed by atoms with Gasteiger partial charge in [-0.1, -0.05) is 202 Å². The number of hydrogen-bond acceptors (Lipinski definition) is 2. The Morgan fingerprint density at radius 1 is 0.333 bits per heavy atom. The summed E-state index contributed by atoms with van der Waals surface area (Å²) in [5, 5.41) is 0. The summed E-state index contributed by atoms with van der Waals surface area (Å²) in [6.45, 7) is 4.72. The van der Waals surface area contributed by atoms with Crippen LogP contribution in [0.3, 0.4) is 0 Å². The molecule has 312 valence electrons. The molecule has 3 aliphatic rings. The van der Waals surface area contributed by atoms with E-state index in [9.17, 15) is 0 Å². The smallest absolute Gasteiger partial charge is 0.0760 e. The van der Waals surface area contributed by atoms with E-state index in [0.717, 1.165) is 22.7 Å². The first-order valence-corrected chi connectivity index (χ1v) is 23.1. The Bertz CT molecular complexity index is 3480. The van der Waals surface area contributed by atoms with Gasteiger partial charge in [0, 0.05) is 28.0 Å². The lowest BCUT2D eigenvalue weighted by molar-refractivity contribution is 0.660. The summed E-state index contributed by atoms with van der Waals surface area (Å²) in [6, 6.07) is 90.2. The Kier molecular flexibility index (Phi) is 8.51. The van der Waals surface area contributed by atoms with Crippen molar-refractivity contribution in [2.45, 2.75) is 24.7 Å². The maximum absolute atomic E-state index is 2.50. The first-order valence-electron chi connectivity index (χ1n) is 23.1. The van der Waals surface area contributed by atoms with Gasteiger partial charge in [-0.15, -0.1) is 0 Å². The highest BCUT2D eigenvalue weighted by Crippen LogP contribution is 2.65. The van der Waals surface area contributed by atoms with Crippen molar-refractivity contribution in [1.29, 1.82) is 0 Å². The van der Waals surface area contributed by atoms with Gasteiger partial charge in [-0.05, 0) is 127 Å². The second kappa shape index (κ2) is 14.7. The minimum atomic E-state index is -0.616. The Hall–Kier alpha value is -8.20. The van der Waals surface area contributed by atoms with E-state index in [0.29, 0.717) is 0 Å². The van der Waals surface area contributed by atoms with E-state index in [1.807, 2.05) is 0 Å². The number of nitrogens with zero attached hydrogens (tertiary/aromatic N) is 2. The van der Waals surface area contributed by atoms with Crippen LogP contribution in [0, 0.1) is 0 Å². The first kappa shape index (κ1) is 38.3. The molecule has 0 saturated heterocycles. The molecule has 0 aromatic heterocycles. The van der Waals surface area contributed by atoms with Gasteiger partial charge in [0.15, 0.2) is 0 Å². The molecule has 2 aliphatic carbocycles. The van der Waals surface area contributed by atoms with E-state index in [1.165, 1.54) is 89.3 Å². The first-order chi connectivity index (χ1) is 32.5. The maximum atomic E-state index is 2.50. The second-order valence-electron chi connectivity index (χ2n) is 18.4. The van der Waals surface area contributed by atoms with Crippen molar-refractivity contribution in [1.82, 2.24) is 0 Å². The largest absolute Gasteiger partial charge is 0.310 e. The molecule has 66 heavy (non-hydrogen) atoms. The summed E-state index contributed by atoms with van der Waals surface area (Å²) in [7, 11) is 0. The van der Waals surface area contributed by atoms with E-state index in [2.05, 4.69) is 266 Å². The van der Waals surface area contributed by atoms with Crippen molar-refractivity contribution >= 4 is 34.1 Å². The monoisotopic (exact) mass is 842 g/mol. The van der Waals surface area contributed by atoms with E-state index in [-0.39, 0.29) is 5.41 Å². The van der Waals surface area contributed by atoms with E-state index in [1.54, 1.807) is 0 Å². The van der Waals surface area contributed by atoms with Crippen molar-refractivity contribution in [3.05, 3.63) is 276 Å². The molecule has 10 aromatic rings. The zero-order valence-corrected chi connectivity index (χ0v) is 37.0. The summed E-state index contributed by atoms with van der Waals surface area (Å²) >= 11 is 0. The van der Waals surface area contributed by atoms with Crippen LogP contribution < -0.4 is 9.80 Å². The van der Waals surface area contributed by atoms with Crippen LogP contribution in [-0.4, -0.2) is 0 Å². The molecule has 0 atom stereocenters. The van der Waals surface area contributed by atoms with Crippen molar-refractivity contribution in [2.24, 2.45) is 0 Å². The minimum absolute atomic E-state index is 0.100. The summed E-state index contributed by atoms with van der Waals surface area (Å²) in [5.74, 6) is 0. The van der Waals surface area contributed by atoms with Crippen LogP contribution in [0.1, 0.15) is 47.2 Å². The molecular weight excluding hydrogens is 797 g/mol. The summed E-state index contributed by atoms with van der Waals surface area (Å²) in [5.41, 5.74) is 24.0. The van der Waals surface area contributed by atoms with Crippen LogP contribution in [0.4, 0.5) is 34.1 Å². The van der Waals surface area contributed by atoms with Crippen LogP contribution in [0.15, 0.2) is 243 Å². The fourth-order valence-corrected chi connectivity index (χ4v) is 11.9. The van der Waals surface area contributed by atoms with Crippen LogP contribution >= 0.6 is 0 Å².